The zero-order valence-electron chi connectivity index (χ0n) is 10.2. The van der Waals surface area contributed by atoms with E-state index in [1.54, 1.807) is 0 Å². The third-order valence-corrected chi connectivity index (χ3v) is 4.13. The van der Waals surface area contributed by atoms with Gasteiger partial charge in [-0.15, -0.1) is 0 Å². The fourth-order valence-corrected chi connectivity index (χ4v) is 2.07. The van der Waals surface area contributed by atoms with Gasteiger partial charge in [-0.25, -0.2) is 4.79 Å². The summed E-state index contributed by atoms with van der Waals surface area (Å²) in [5.74, 6) is -0.793. The standard InChI is InChI=1S/C12H20N2O3/c1-11(5-6-11)7-13-10(17)14-8-12(9(15)16)3-2-4-12/h2-8H2,1H3,(H,15,16)(H2,13,14,17). The summed E-state index contributed by atoms with van der Waals surface area (Å²) >= 11 is 0. The number of hydrogen-bond acceptors (Lipinski definition) is 2. The lowest BCUT2D eigenvalue weighted by Crippen LogP contribution is -2.50. The largest absolute Gasteiger partial charge is 0.481 e. The Morgan fingerprint density at radius 3 is 2.12 bits per heavy atom. The molecule has 0 aromatic rings. The van der Waals surface area contributed by atoms with E-state index in [-0.39, 0.29) is 18.0 Å². The van der Waals surface area contributed by atoms with Gasteiger partial charge in [-0.3, -0.25) is 4.79 Å². The first-order valence-corrected chi connectivity index (χ1v) is 6.21. The fourth-order valence-electron chi connectivity index (χ4n) is 2.07. The van der Waals surface area contributed by atoms with Crippen LogP contribution in [0.25, 0.3) is 0 Å². The van der Waals surface area contributed by atoms with Gasteiger partial charge in [-0.2, -0.15) is 0 Å². The van der Waals surface area contributed by atoms with Gasteiger partial charge in [0.25, 0.3) is 0 Å². The summed E-state index contributed by atoms with van der Waals surface area (Å²) in [7, 11) is 0. The van der Waals surface area contributed by atoms with Crippen LogP contribution in [0.5, 0.6) is 0 Å². The van der Waals surface area contributed by atoms with E-state index < -0.39 is 11.4 Å². The van der Waals surface area contributed by atoms with Gasteiger partial charge < -0.3 is 15.7 Å². The summed E-state index contributed by atoms with van der Waals surface area (Å²) in [5.41, 5.74) is -0.431. The Kier molecular flexibility index (Phi) is 3.02. The number of carboxylic acid groups (broad SMARTS) is 1. The van der Waals surface area contributed by atoms with Crippen molar-refractivity contribution in [1.82, 2.24) is 10.6 Å². The van der Waals surface area contributed by atoms with E-state index in [0.717, 1.165) is 19.3 Å². The van der Waals surface area contributed by atoms with Crippen LogP contribution in [-0.4, -0.2) is 30.2 Å². The highest BCUT2D eigenvalue weighted by Gasteiger charge is 2.44. The first kappa shape index (κ1) is 12.2. The van der Waals surface area contributed by atoms with E-state index in [9.17, 15) is 9.59 Å². The Morgan fingerprint density at radius 2 is 1.71 bits per heavy atom. The SMILES string of the molecule is CC1(CNC(=O)NCC2(C(=O)O)CCC2)CC1. The minimum atomic E-state index is -0.793. The van der Waals surface area contributed by atoms with E-state index in [1.165, 1.54) is 0 Å². The van der Waals surface area contributed by atoms with Gasteiger partial charge in [0.1, 0.15) is 0 Å². The van der Waals surface area contributed by atoms with Gasteiger partial charge >= 0.3 is 12.0 Å². The number of amides is 2. The molecule has 2 amide bonds. The van der Waals surface area contributed by atoms with Gasteiger partial charge in [-0.1, -0.05) is 13.3 Å². The summed E-state index contributed by atoms with van der Waals surface area (Å²) in [6.07, 6.45) is 4.59. The molecule has 0 heterocycles. The van der Waals surface area contributed by atoms with Crippen LogP contribution in [0.4, 0.5) is 4.79 Å². The molecule has 0 spiro atoms. The molecule has 0 aromatic carbocycles. The second-order valence-electron chi connectivity index (χ2n) is 5.79. The third-order valence-electron chi connectivity index (χ3n) is 4.13. The number of aliphatic carboxylic acids is 1. The van der Waals surface area contributed by atoms with Gasteiger partial charge in [0.05, 0.1) is 5.41 Å². The van der Waals surface area contributed by atoms with Gasteiger partial charge in [-0.05, 0) is 31.1 Å². The Balaban J connectivity index is 1.70. The summed E-state index contributed by atoms with van der Waals surface area (Å²) in [6, 6.07) is -0.245. The molecule has 0 aliphatic heterocycles. The highest BCUT2D eigenvalue weighted by molar-refractivity contribution is 5.78. The van der Waals surface area contributed by atoms with E-state index in [1.807, 2.05) is 0 Å². The van der Waals surface area contributed by atoms with Crippen molar-refractivity contribution in [2.24, 2.45) is 10.8 Å². The molecule has 0 atom stereocenters. The Morgan fingerprint density at radius 1 is 1.12 bits per heavy atom. The molecule has 0 unspecified atom stereocenters. The molecular formula is C12H20N2O3. The molecule has 0 aromatic heterocycles. The van der Waals surface area contributed by atoms with Crippen molar-refractivity contribution < 1.29 is 14.7 Å². The van der Waals surface area contributed by atoms with Crippen molar-refractivity contribution in [3.8, 4) is 0 Å². The predicted octanol–water partition coefficient (Wildman–Crippen LogP) is 1.34. The maximum atomic E-state index is 11.5. The van der Waals surface area contributed by atoms with Crippen LogP contribution >= 0.6 is 0 Å². The molecule has 2 rings (SSSR count). The summed E-state index contributed by atoms with van der Waals surface area (Å²) < 4.78 is 0. The van der Waals surface area contributed by atoms with Crippen LogP contribution in [0.15, 0.2) is 0 Å². The number of nitrogens with one attached hydrogen (secondary N) is 2. The molecule has 2 aliphatic rings. The van der Waals surface area contributed by atoms with Crippen molar-refractivity contribution in [1.29, 1.82) is 0 Å². The average molecular weight is 240 g/mol. The molecule has 0 saturated heterocycles. The van der Waals surface area contributed by atoms with Crippen LogP contribution in [0.3, 0.4) is 0 Å². The lowest BCUT2D eigenvalue weighted by molar-refractivity contribution is -0.153. The highest BCUT2D eigenvalue weighted by atomic mass is 16.4. The molecule has 96 valence electrons. The van der Waals surface area contributed by atoms with Crippen molar-refractivity contribution in [3.63, 3.8) is 0 Å². The monoisotopic (exact) mass is 240 g/mol. The Hall–Kier alpha value is -1.26. The van der Waals surface area contributed by atoms with Crippen LogP contribution in [-0.2, 0) is 4.79 Å². The molecule has 0 radical (unpaired) electrons. The molecule has 5 nitrogen and oxygen atoms in total. The lowest BCUT2D eigenvalue weighted by Gasteiger charge is -2.37. The van der Waals surface area contributed by atoms with Crippen LogP contribution < -0.4 is 10.6 Å². The second kappa shape index (κ2) is 4.20. The normalized spacial score (nSPS) is 23.4. The molecule has 2 fully saturated rings. The zero-order valence-corrected chi connectivity index (χ0v) is 10.2. The molecule has 2 saturated carbocycles. The van der Waals surface area contributed by atoms with Crippen molar-refractivity contribution in [3.05, 3.63) is 0 Å². The third kappa shape index (κ3) is 2.70. The highest BCUT2D eigenvalue weighted by Crippen LogP contribution is 2.44. The fraction of sp³-hybridized carbons (Fsp3) is 0.833. The number of carbonyl (C=O) groups excluding carboxylic acids is 1. The minimum Gasteiger partial charge on any atom is -0.481 e. The van der Waals surface area contributed by atoms with Crippen molar-refractivity contribution in [2.75, 3.05) is 13.1 Å². The smallest absolute Gasteiger partial charge is 0.314 e. The molecule has 3 N–H and O–H groups in total. The number of urea groups is 1. The molecule has 5 heteroatoms. The van der Waals surface area contributed by atoms with E-state index in [4.69, 9.17) is 5.11 Å². The first-order chi connectivity index (χ1) is 7.96. The quantitative estimate of drug-likeness (QED) is 0.678. The van der Waals surface area contributed by atoms with Gasteiger partial charge in [0.2, 0.25) is 0 Å². The summed E-state index contributed by atoms with van der Waals surface area (Å²) in [4.78, 5) is 22.6. The summed E-state index contributed by atoms with van der Waals surface area (Å²) in [6.45, 7) is 3.06. The first-order valence-electron chi connectivity index (χ1n) is 6.21. The van der Waals surface area contributed by atoms with Gasteiger partial charge in [0.15, 0.2) is 0 Å². The average Bonchev–Trinajstić information content (AvgIpc) is 2.92. The maximum Gasteiger partial charge on any atom is 0.314 e. The topological polar surface area (TPSA) is 78.4 Å². The van der Waals surface area contributed by atoms with Gasteiger partial charge in [0, 0.05) is 13.1 Å². The Bertz CT molecular complexity index is 333. The molecular weight excluding hydrogens is 220 g/mol. The molecule has 17 heavy (non-hydrogen) atoms. The van der Waals surface area contributed by atoms with Crippen LogP contribution in [0.1, 0.15) is 39.0 Å². The Labute approximate surface area is 101 Å². The van der Waals surface area contributed by atoms with E-state index in [0.29, 0.717) is 19.4 Å². The van der Waals surface area contributed by atoms with Crippen molar-refractivity contribution in [2.45, 2.75) is 39.0 Å². The minimum absolute atomic E-state index is 0.241. The molecule has 0 bridgehead atoms. The number of carboxylic acids is 1. The predicted molar refractivity (Wildman–Crippen MR) is 62.7 cm³/mol. The van der Waals surface area contributed by atoms with Crippen molar-refractivity contribution >= 4 is 12.0 Å². The summed E-state index contributed by atoms with van der Waals surface area (Å²) in [5, 5.41) is 14.6. The van der Waals surface area contributed by atoms with Crippen LogP contribution in [0, 0.1) is 10.8 Å². The number of carbonyl (C=O) groups is 2. The zero-order chi connectivity index (χ0) is 12.5. The molecule has 2 aliphatic carbocycles. The number of rotatable bonds is 5. The maximum absolute atomic E-state index is 11.5. The lowest BCUT2D eigenvalue weighted by atomic mass is 9.69. The number of hydrogen-bond donors (Lipinski definition) is 3. The second-order valence-corrected chi connectivity index (χ2v) is 5.79. The van der Waals surface area contributed by atoms with E-state index >= 15 is 0 Å². The van der Waals surface area contributed by atoms with E-state index in [2.05, 4.69) is 17.6 Å². The van der Waals surface area contributed by atoms with Crippen LogP contribution in [0.2, 0.25) is 0 Å².